The molecule has 3 heteroatoms. The van der Waals surface area contributed by atoms with Crippen molar-refractivity contribution in [2.45, 2.75) is 0 Å². The van der Waals surface area contributed by atoms with Gasteiger partial charge in [0.2, 0.25) is 0 Å². The van der Waals surface area contributed by atoms with Crippen molar-refractivity contribution in [2.75, 3.05) is 12.4 Å². The molecule has 1 N–H and O–H groups in total. The summed E-state index contributed by atoms with van der Waals surface area (Å²) < 4.78 is 0. The van der Waals surface area contributed by atoms with Gasteiger partial charge in [0.1, 0.15) is 12.1 Å². The summed E-state index contributed by atoms with van der Waals surface area (Å²) in [6.45, 7) is 7.33. The first kappa shape index (κ1) is 8.46. The van der Waals surface area contributed by atoms with Gasteiger partial charge in [0.15, 0.2) is 0 Å². The Bertz CT molecular complexity index is 305. The summed E-state index contributed by atoms with van der Waals surface area (Å²) in [4.78, 5) is 8.07. The lowest BCUT2D eigenvalue weighted by atomic mass is 10.2. The van der Waals surface area contributed by atoms with Crippen molar-refractivity contribution in [3.63, 3.8) is 0 Å². The molecule has 0 aromatic carbocycles. The Labute approximate surface area is 71.9 Å². The van der Waals surface area contributed by atoms with E-state index < -0.39 is 0 Å². The highest BCUT2D eigenvalue weighted by molar-refractivity contribution is 5.69. The molecule has 0 spiro atoms. The molecular weight excluding hydrogens is 150 g/mol. The predicted molar refractivity (Wildman–Crippen MR) is 51.8 cm³/mol. The molecule has 0 amide bonds. The van der Waals surface area contributed by atoms with E-state index in [1.807, 2.05) is 7.05 Å². The van der Waals surface area contributed by atoms with Crippen molar-refractivity contribution < 1.29 is 0 Å². The molecule has 1 rings (SSSR count). The zero-order valence-electron chi connectivity index (χ0n) is 7.04. The van der Waals surface area contributed by atoms with Crippen LogP contribution in [0.25, 0.3) is 12.2 Å². The topological polar surface area (TPSA) is 37.8 Å². The van der Waals surface area contributed by atoms with E-state index in [0.29, 0.717) is 0 Å². The standard InChI is InChI=1S/C9H11N3/c1-4-7-8(5-2)11-6-12-9(7)10-3/h4-6H,1-2H2,3H3,(H,10,11,12). The van der Waals surface area contributed by atoms with Gasteiger partial charge in [-0.2, -0.15) is 0 Å². The predicted octanol–water partition coefficient (Wildman–Crippen LogP) is 1.80. The Morgan fingerprint density at radius 1 is 1.33 bits per heavy atom. The van der Waals surface area contributed by atoms with E-state index in [2.05, 4.69) is 28.4 Å². The quantitative estimate of drug-likeness (QED) is 0.734. The first-order chi connectivity index (χ1) is 5.83. The van der Waals surface area contributed by atoms with Crippen LogP contribution in [-0.2, 0) is 0 Å². The van der Waals surface area contributed by atoms with Gasteiger partial charge in [-0.25, -0.2) is 9.97 Å². The molecule has 3 nitrogen and oxygen atoms in total. The number of anilines is 1. The van der Waals surface area contributed by atoms with Crippen molar-refractivity contribution in [1.29, 1.82) is 0 Å². The smallest absolute Gasteiger partial charge is 0.137 e. The maximum Gasteiger partial charge on any atom is 0.137 e. The Morgan fingerprint density at radius 2 is 2.08 bits per heavy atom. The maximum absolute atomic E-state index is 4.04. The van der Waals surface area contributed by atoms with Gasteiger partial charge in [-0.1, -0.05) is 19.2 Å². The lowest BCUT2D eigenvalue weighted by molar-refractivity contribution is 1.13. The number of aromatic nitrogens is 2. The van der Waals surface area contributed by atoms with Crippen LogP contribution in [0.5, 0.6) is 0 Å². The maximum atomic E-state index is 4.04. The molecule has 0 atom stereocenters. The second-order valence-corrected chi connectivity index (χ2v) is 2.18. The number of nitrogens with zero attached hydrogens (tertiary/aromatic N) is 2. The lowest BCUT2D eigenvalue weighted by Crippen LogP contribution is -1.98. The van der Waals surface area contributed by atoms with E-state index >= 15 is 0 Å². The second kappa shape index (κ2) is 3.67. The Kier molecular flexibility index (Phi) is 2.58. The molecule has 62 valence electrons. The third-order valence-electron chi connectivity index (χ3n) is 1.55. The van der Waals surface area contributed by atoms with Crippen molar-refractivity contribution in [3.05, 3.63) is 30.7 Å². The summed E-state index contributed by atoms with van der Waals surface area (Å²) in [6.07, 6.45) is 4.89. The van der Waals surface area contributed by atoms with Gasteiger partial charge in [-0.05, 0) is 6.08 Å². The van der Waals surface area contributed by atoms with Crippen molar-refractivity contribution in [1.82, 2.24) is 9.97 Å². The van der Waals surface area contributed by atoms with Crippen LogP contribution in [0, 0.1) is 0 Å². The summed E-state index contributed by atoms with van der Waals surface area (Å²) in [6, 6.07) is 0. The third-order valence-corrected chi connectivity index (χ3v) is 1.55. The second-order valence-electron chi connectivity index (χ2n) is 2.18. The van der Waals surface area contributed by atoms with E-state index in [0.717, 1.165) is 17.1 Å². The summed E-state index contributed by atoms with van der Waals surface area (Å²) in [5.74, 6) is 0.773. The number of hydrogen-bond donors (Lipinski definition) is 1. The van der Waals surface area contributed by atoms with Gasteiger partial charge < -0.3 is 5.32 Å². The fourth-order valence-corrected chi connectivity index (χ4v) is 0.972. The minimum Gasteiger partial charge on any atom is -0.373 e. The van der Waals surface area contributed by atoms with E-state index in [9.17, 15) is 0 Å². The van der Waals surface area contributed by atoms with Gasteiger partial charge >= 0.3 is 0 Å². The summed E-state index contributed by atoms with van der Waals surface area (Å²) >= 11 is 0. The van der Waals surface area contributed by atoms with Crippen LogP contribution in [0.15, 0.2) is 19.5 Å². The molecule has 0 saturated carbocycles. The highest BCUT2D eigenvalue weighted by Crippen LogP contribution is 2.16. The van der Waals surface area contributed by atoms with Gasteiger partial charge in [-0.3, -0.25) is 0 Å². The first-order valence-corrected chi connectivity index (χ1v) is 3.61. The van der Waals surface area contributed by atoms with Crippen LogP contribution in [0.1, 0.15) is 11.3 Å². The zero-order valence-corrected chi connectivity index (χ0v) is 7.04. The number of nitrogens with one attached hydrogen (secondary N) is 1. The monoisotopic (exact) mass is 161 g/mol. The highest BCUT2D eigenvalue weighted by atomic mass is 15.0. The Morgan fingerprint density at radius 3 is 2.58 bits per heavy atom. The van der Waals surface area contributed by atoms with Crippen molar-refractivity contribution in [3.8, 4) is 0 Å². The summed E-state index contributed by atoms with van der Waals surface area (Å²) in [7, 11) is 1.81. The van der Waals surface area contributed by atoms with Crippen LogP contribution < -0.4 is 5.32 Å². The molecule has 0 aliphatic rings. The van der Waals surface area contributed by atoms with Gasteiger partial charge in [-0.15, -0.1) is 0 Å². The van der Waals surface area contributed by atoms with E-state index in [4.69, 9.17) is 0 Å². The summed E-state index contributed by atoms with van der Waals surface area (Å²) in [5.41, 5.74) is 1.68. The molecule has 0 bridgehead atoms. The average Bonchev–Trinajstić information content (AvgIpc) is 2.16. The largest absolute Gasteiger partial charge is 0.373 e. The fraction of sp³-hybridized carbons (Fsp3) is 0.111. The van der Waals surface area contributed by atoms with E-state index in [1.54, 1.807) is 12.2 Å². The Hall–Kier alpha value is -1.64. The molecule has 1 heterocycles. The molecule has 0 fully saturated rings. The highest BCUT2D eigenvalue weighted by Gasteiger charge is 2.02. The SMILES string of the molecule is C=Cc1ncnc(NC)c1C=C. The number of rotatable bonds is 3. The zero-order chi connectivity index (χ0) is 8.97. The molecular formula is C9H11N3. The van der Waals surface area contributed by atoms with Crippen LogP contribution >= 0.6 is 0 Å². The summed E-state index contributed by atoms with van der Waals surface area (Å²) in [5, 5.41) is 2.95. The number of hydrogen-bond acceptors (Lipinski definition) is 3. The first-order valence-electron chi connectivity index (χ1n) is 3.61. The van der Waals surface area contributed by atoms with Gasteiger partial charge in [0, 0.05) is 12.6 Å². The van der Waals surface area contributed by atoms with Crippen LogP contribution in [0.4, 0.5) is 5.82 Å². The molecule has 0 aliphatic carbocycles. The molecule has 0 unspecified atom stereocenters. The molecule has 1 aromatic rings. The van der Waals surface area contributed by atoms with E-state index in [1.165, 1.54) is 6.33 Å². The molecule has 1 aromatic heterocycles. The molecule has 0 aliphatic heterocycles. The van der Waals surface area contributed by atoms with Crippen LogP contribution in [0.2, 0.25) is 0 Å². The molecule has 0 radical (unpaired) electrons. The van der Waals surface area contributed by atoms with Crippen LogP contribution in [0.3, 0.4) is 0 Å². The Balaban J connectivity index is 3.31. The molecule has 12 heavy (non-hydrogen) atoms. The fourth-order valence-electron chi connectivity index (χ4n) is 0.972. The normalized spacial score (nSPS) is 9.08. The third kappa shape index (κ3) is 1.34. The lowest BCUT2D eigenvalue weighted by Gasteiger charge is -2.05. The van der Waals surface area contributed by atoms with Crippen molar-refractivity contribution in [2.24, 2.45) is 0 Å². The van der Waals surface area contributed by atoms with Gasteiger partial charge in [0.25, 0.3) is 0 Å². The minimum absolute atomic E-state index is 0.773. The van der Waals surface area contributed by atoms with Crippen LogP contribution in [-0.4, -0.2) is 17.0 Å². The van der Waals surface area contributed by atoms with E-state index in [-0.39, 0.29) is 0 Å². The molecule has 0 saturated heterocycles. The minimum atomic E-state index is 0.773. The van der Waals surface area contributed by atoms with Crippen molar-refractivity contribution >= 4 is 18.0 Å². The average molecular weight is 161 g/mol. The van der Waals surface area contributed by atoms with Gasteiger partial charge in [0.05, 0.1) is 5.69 Å².